The molecule has 0 bridgehead atoms. The first-order chi connectivity index (χ1) is 13.8. The zero-order valence-corrected chi connectivity index (χ0v) is 17.3. The molecule has 2 aliphatic rings. The Bertz CT molecular complexity index is 1020. The molecular weight excluding hydrogens is 366 g/mol. The molecule has 0 aliphatic heterocycles. The Kier molecular flexibility index (Phi) is 5.02. The van der Waals surface area contributed by atoms with Crippen LogP contribution in [0.25, 0.3) is 17.3 Å². The average Bonchev–Trinajstić information content (AvgIpc) is 3.07. The number of H-pyrrole nitrogens is 2. The SMILES string of the molecule is C=Cc1c(-c2cc[nH]c2N)n([C@H]2CC[C@H](CNC3CC3(C)C)CC2)c(=O)[nH]c1=O. The summed E-state index contributed by atoms with van der Waals surface area (Å²) in [6.45, 7) is 9.42. The summed E-state index contributed by atoms with van der Waals surface area (Å²) in [6, 6.07) is 2.48. The highest BCUT2D eigenvalue weighted by atomic mass is 16.2. The second-order valence-corrected chi connectivity index (χ2v) is 9.23. The molecule has 0 amide bonds. The van der Waals surface area contributed by atoms with Gasteiger partial charge in [-0.15, -0.1) is 0 Å². The summed E-state index contributed by atoms with van der Waals surface area (Å²) in [5.41, 5.74) is 7.34. The Morgan fingerprint density at radius 2 is 2.00 bits per heavy atom. The molecule has 29 heavy (non-hydrogen) atoms. The van der Waals surface area contributed by atoms with Gasteiger partial charge in [0.15, 0.2) is 0 Å². The van der Waals surface area contributed by atoms with Crippen LogP contribution in [0.4, 0.5) is 5.82 Å². The van der Waals surface area contributed by atoms with Crippen LogP contribution in [0.1, 0.15) is 57.6 Å². The number of nitrogen functional groups attached to an aromatic ring is 1. The molecule has 2 saturated carbocycles. The van der Waals surface area contributed by atoms with Gasteiger partial charge in [0.1, 0.15) is 5.82 Å². The molecule has 0 aromatic carbocycles. The summed E-state index contributed by atoms with van der Waals surface area (Å²) in [7, 11) is 0. The standard InChI is InChI=1S/C22H31N5O2/c1-4-15-18(16-9-10-24-19(16)23)27(21(29)26-20(15)28)14-7-5-13(6-8-14)12-25-17-11-22(17,2)3/h4,9-10,13-14,17,24-25H,1,5-8,11-12,23H2,2-3H3,(H,26,28,29)/t13-,14-,17?. The number of nitrogens with one attached hydrogen (secondary N) is 3. The maximum absolute atomic E-state index is 12.8. The Morgan fingerprint density at radius 1 is 1.31 bits per heavy atom. The van der Waals surface area contributed by atoms with Gasteiger partial charge in [-0.3, -0.25) is 14.3 Å². The summed E-state index contributed by atoms with van der Waals surface area (Å²) in [4.78, 5) is 30.6. The van der Waals surface area contributed by atoms with Gasteiger partial charge in [-0.2, -0.15) is 0 Å². The fraction of sp³-hybridized carbons (Fsp3) is 0.545. The zero-order chi connectivity index (χ0) is 20.8. The van der Waals surface area contributed by atoms with E-state index in [0.29, 0.717) is 40.0 Å². The van der Waals surface area contributed by atoms with Crippen molar-refractivity contribution in [2.24, 2.45) is 11.3 Å². The van der Waals surface area contributed by atoms with Crippen LogP contribution < -0.4 is 22.3 Å². The maximum Gasteiger partial charge on any atom is 0.329 e. The van der Waals surface area contributed by atoms with E-state index in [-0.39, 0.29) is 11.7 Å². The minimum Gasteiger partial charge on any atom is -0.385 e. The Hall–Kier alpha value is -2.54. The third-order valence-corrected chi connectivity index (χ3v) is 6.77. The average molecular weight is 398 g/mol. The topological polar surface area (TPSA) is 109 Å². The first-order valence-electron chi connectivity index (χ1n) is 10.5. The zero-order valence-electron chi connectivity index (χ0n) is 17.3. The van der Waals surface area contributed by atoms with Crippen molar-refractivity contribution in [3.05, 3.63) is 45.2 Å². The summed E-state index contributed by atoms with van der Waals surface area (Å²) in [5.74, 6) is 1.07. The summed E-state index contributed by atoms with van der Waals surface area (Å²) in [5, 5.41) is 3.70. The largest absolute Gasteiger partial charge is 0.385 e. The molecule has 0 saturated heterocycles. The smallest absolute Gasteiger partial charge is 0.329 e. The highest BCUT2D eigenvalue weighted by molar-refractivity contribution is 5.78. The molecule has 2 aliphatic carbocycles. The van der Waals surface area contributed by atoms with Crippen molar-refractivity contribution in [3.8, 4) is 11.3 Å². The molecule has 7 heteroatoms. The van der Waals surface area contributed by atoms with Gasteiger partial charge in [0.05, 0.1) is 11.3 Å². The fourth-order valence-corrected chi connectivity index (χ4v) is 4.70. The monoisotopic (exact) mass is 397 g/mol. The molecule has 2 aromatic rings. The van der Waals surface area contributed by atoms with Crippen molar-refractivity contribution in [1.29, 1.82) is 0 Å². The molecule has 156 valence electrons. The molecule has 0 radical (unpaired) electrons. The minimum atomic E-state index is -0.429. The lowest BCUT2D eigenvalue weighted by Crippen LogP contribution is -2.37. The van der Waals surface area contributed by atoms with E-state index in [2.05, 4.69) is 35.7 Å². The Balaban J connectivity index is 1.58. The highest BCUT2D eigenvalue weighted by Gasteiger charge is 2.45. The van der Waals surface area contributed by atoms with Crippen molar-refractivity contribution in [3.63, 3.8) is 0 Å². The van der Waals surface area contributed by atoms with E-state index >= 15 is 0 Å². The lowest BCUT2D eigenvalue weighted by atomic mass is 9.85. The van der Waals surface area contributed by atoms with E-state index in [1.54, 1.807) is 16.8 Å². The van der Waals surface area contributed by atoms with E-state index < -0.39 is 5.56 Å². The molecule has 2 fully saturated rings. The molecule has 1 atom stereocenters. The normalized spacial score (nSPS) is 25.7. The number of rotatable bonds is 6. The van der Waals surface area contributed by atoms with E-state index in [9.17, 15) is 9.59 Å². The lowest BCUT2D eigenvalue weighted by Gasteiger charge is -2.31. The van der Waals surface area contributed by atoms with Gasteiger partial charge in [0.2, 0.25) is 0 Å². The maximum atomic E-state index is 12.8. The van der Waals surface area contributed by atoms with Crippen LogP contribution >= 0.6 is 0 Å². The van der Waals surface area contributed by atoms with Crippen LogP contribution in [0.15, 0.2) is 28.4 Å². The van der Waals surface area contributed by atoms with Crippen LogP contribution in [0.3, 0.4) is 0 Å². The van der Waals surface area contributed by atoms with Gasteiger partial charge < -0.3 is 16.0 Å². The van der Waals surface area contributed by atoms with Crippen LogP contribution in [0.5, 0.6) is 0 Å². The summed E-state index contributed by atoms with van der Waals surface area (Å²) in [6.07, 6.45) is 8.39. The fourth-order valence-electron chi connectivity index (χ4n) is 4.70. The molecule has 2 heterocycles. The third-order valence-electron chi connectivity index (χ3n) is 6.77. The first kappa shape index (κ1) is 19.8. The number of nitrogens with two attached hydrogens (primary N) is 1. The van der Waals surface area contributed by atoms with Crippen molar-refractivity contribution < 1.29 is 0 Å². The van der Waals surface area contributed by atoms with E-state index in [0.717, 1.165) is 32.2 Å². The van der Waals surface area contributed by atoms with E-state index in [1.165, 1.54) is 12.5 Å². The summed E-state index contributed by atoms with van der Waals surface area (Å²) >= 11 is 0. The van der Waals surface area contributed by atoms with Crippen molar-refractivity contribution in [2.45, 2.75) is 58.0 Å². The van der Waals surface area contributed by atoms with Crippen LogP contribution in [0, 0.1) is 11.3 Å². The van der Waals surface area contributed by atoms with Gasteiger partial charge in [-0.25, -0.2) is 4.79 Å². The number of nitrogens with zero attached hydrogens (tertiary/aromatic N) is 1. The Labute approximate surface area is 170 Å². The number of hydrogen-bond acceptors (Lipinski definition) is 4. The minimum absolute atomic E-state index is 0.0379. The number of aromatic amines is 2. The quantitative estimate of drug-likeness (QED) is 0.601. The van der Waals surface area contributed by atoms with E-state index in [1.807, 2.05) is 0 Å². The van der Waals surface area contributed by atoms with Gasteiger partial charge in [-0.05, 0) is 56.0 Å². The van der Waals surface area contributed by atoms with Crippen molar-refractivity contribution >= 4 is 11.9 Å². The second-order valence-electron chi connectivity index (χ2n) is 9.23. The molecule has 0 spiro atoms. The number of hydrogen-bond donors (Lipinski definition) is 4. The first-order valence-corrected chi connectivity index (χ1v) is 10.5. The predicted molar refractivity (Wildman–Crippen MR) is 117 cm³/mol. The predicted octanol–water partition coefficient (Wildman–Crippen LogP) is 2.88. The van der Waals surface area contributed by atoms with Crippen LogP contribution in [0.2, 0.25) is 0 Å². The molecule has 1 unspecified atom stereocenters. The summed E-state index contributed by atoms with van der Waals surface area (Å²) < 4.78 is 1.73. The molecule has 5 N–H and O–H groups in total. The number of aromatic nitrogens is 3. The van der Waals surface area contributed by atoms with Crippen LogP contribution in [-0.4, -0.2) is 27.1 Å². The van der Waals surface area contributed by atoms with Gasteiger partial charge in [-0.1, -0.05) is 26.5 Å². The highest BCUT2D eigenvalue weighted by Crippen LogP contribution is 2.45. The van der Waals surface area contributed by atoms with Gasteiger partial charge in [0, 0.05) is 23.8 Å². The van der Waals surface area contributed by atoms with Gasteiger partial charge >= 0.3 is 5.69 Å². The second kappa shape index (κ2) is 7.37. The molecule has 2 aromatic heterocycles. The Morgan fingerprint density at radius 3 is 2.55 bits per heavy atom. The number of anilines is 1. The van der Waals surface area contributed by atoms with Crippen molar-refractivity contribution in [2.75, 3.05) is 12.3 Å². The molecule has 4 rings (SSSR count). The van der Waals surface area contributed by atoms with Gasteiger partial charge in [0.25, 0.3) is 5.56 Å². The van der Waals surface area contributed by atoms with Crippen molar-refractivity contribution in [1.82, 2.24) is 19.9 Å². The molecule has 7 nitrogen and oxygen atoms in total. The third kappa shape index (κ3) is 3.71. The lowest BCUT2D eigenvalue weighted by molar-refractivity contribution is 0.261. The van der Waals surface area contributed by atoms with Crippen LogP contribution in [-0.2, 0) is 0 Å². The van der Waals surface area contributed by atoms with E-state index in [4.69, 9.17) is 5.73 Å². The molecular formula is C22H31N5O2.